The van der Waals surface area contributed by atoms with E-state index in [-0.39, 0.29) is 0 Å². The third kappa shape index (κ3) is 2.69. The molecule has 0 amide bonds. The minimum Gasteiger partial charge on any atom is -0.312 e. The van der Waals surface area contributed by atoms with Crippen molar-refractivity contribution in [1.29, 1.82) is 0 Å². The van der Waals surface area contributed by atoms with Crippen molar-refractivity contribution in [1.82, 2.24) is 9.55 Å². The van der Waals surface area contributed by atoms with E-state index in [9.17, 15) is 0 Å². The van der Waals surface area contributed by atoms with Gasteiger partial charge in [0, 0.05) is 24.2 Å². The molecule has 2 aromatic carbocycles. The van der Waals surface area contributed by atoms with Crippen LogP contribution in [0.1, 0.15) is 16.7 Å². The summed E-state index contributed by atoms with van der Waals surface area (Å²) in [5, 5.41) is 0. The molecule has 1 heterocycles. The van der Waals surface area contributed by atoms with Gasteiger partial charge in [-0.25, -0.2) is 4.98 Å². The highest BCUT2D eigenvalue weighted by Gasteiger charge is 2.04. The smallest absolute Gasteiger partial charge is 0.0986 e. The van der Waals surface area contributed by atoms with Gasteiger partial charge in [0.1, 0.15) is 0 Å². The molecule has 98 valence electrons. The zero-order valence-electron chi connectivity index (χ0n) is 11.4. The van der Waals surface area contributed by atoms with Gasteiger partial charge in [-0.1, -0.05) is 60.2 Å². The average molecular weight is 260 g/mol. The number of hydrogen-bond acceptors (Lipinski definition) is 1. The lowest BCUT2D eigenvalue weighted by molar-refractivity contribution is 1.14. The van der Waals surface area contributed by atoms with Gasteiger partial charge in [-0.15, -0.1) is 0 Å². The lowest BCUT2D eigenvalue weighted by Crippen LogP contribution is -1.91. The lowest BCUT2D eigenvalue weighted by atomic mass is 9.98. The van der Waals surface area contributed by atoms with E-state index in [1.54, 1.807) is 12.5 Å². The van der Waals surface area contributed by atoms with E-state index in [0.29, 0.717) is 0 Å². The summed E-state index contributed by atoms with van der Waals surface area (Å²) in [7, 11) is 0. The Labute approximate surface area is 119 Å². The fourth-order valence-corrected chi connectivity index (χ4v) is 2.16. The van der Waals surface area contributed by atoms with Crippen LogP contribution in [0.15, 0.2) is 73.3 Å². The minimum atomic E-state index is 1.18. The molecule has 0 radical (unpaired) electrons. The fourth-order valence-electron chi connectivity index (χ4n) is 2.16. The van der Waals surface area contributed by atoms with Crippen molar-refractivity contribution in [3.8, 4) is 0 Å². The van der Waals surface area contributed by atoms with Crippen LogP contribution in [0.5, 0.6) is 0 Å². The quantitative estimate of drug-likeness (QED) is 0.688. The first-order chi connectivity index (χ1) is 9.83. The molecule has 0 atom stereocenters. The maximum atomic E-state index is 4.10. The summed E-state index contributed by atoms with van der Waals surface area (Å²) in [6.45, 7) is 2.10. The third-order valence-corrected chi connectivity index (χ3v) is 3.25. The molecule has 2 nitrogen and oxygen atoms in total. The first-order valence-electron chi connectivity index (χ1n) is 6.65. The molecule has 3 aromatic rings. The maximum absolute atomic E-state index is 4.10. The van der Waals surface area contributed by atoms with Gasteiger partial charge in [-0.3, -0.25) is 0 Å². The van der Waals surface area contributed by atoms with Gasteiger partial charge in [-0.05, 0) is 18.1 Å². The molecule has 0 spiro atoms. The topological polar surface area (TPSA) is 17.8 Å². The van der Waals surface area contributed by atoms with Gasteiger partial charge in [-0.2, -0.15) is 0 Å². The lowest BCUT2D eigenvalue weighted by Gasteiger charge is -2.09. The Balaban J connectivity index is 2.11. The van der Waals surface area contributed by atoms with Crippen LogP contribution in [0.3, 0.4) is 0 Å². The van der Waals surface area contributed by atoms with Crippen molar-refractivity contribution in [2.45, 2.75) is 6.92 Å². The molecule has 2 heteroatoms. The van der Waals surface area contributed by atoms with Crippen LogP contribution in [-0.4, -0.2) is 9.55 Å². The van der Waals surface area contributed by atoms with Crippen LogP contribution in [0.25, 0.3) is 11.8 Å². The van der Waals surface area contributed by atoms with Crippen molar-refractivity contribution >= 4 is 11.8 Å². The van der Waals surface area contributed by atoms with Crippen molar-refractivity contribution < 1.29 is 0 Å². The first-order valence-corrected chi connectivity index (χ1v) is 6.65. The highest BCUT2D eigenvalue weighted by Crippen LogP contribution is 2.24. The highest BCUT2D eigenvalue weighted by molar-refractivity contribution is 5.87. The highest BCUT2D eigenvalue weighted by atomic mass is 15.0. The Morgan fingerprint density at radius 3 is 2.30 bits per heavy atom. The molecule has 3 rings (SSSR count). The molecule has 0 aliphatic rings. The summed E-state index contributed by atoms with van der Waals surface area (Å²) in [5.74, 6) is 0. The number of aryl methyl sites for hydroxylation is 1. The molecule has 0 bridgehead atoms. The predicted molar refractivity (Wildman–Crippen MR) is 83.1 cm³/mol. The Kier molecular flexibility index (Phi) is 3.46. The van der Waals surface area contributed by atoms with Gasteiger partial charge in [0.15, 0.2) is 0 Å². The summed E-state index contributed by atoms with van der Waals surface area (Å²) >= 11 is 0. The molecule has 0 fully saturated rings. The summed E-state index contributed by atoms with van der Waals surface area (Å²) < 4.78 is 1.97. The number of imidazole rings is 1. The van der Waals surface area contributed by atoms with E-state index in [0.717, 1.165) is 0 Å². The Hall–Kier alpha value is -2.61. The molecule has 0 aliphatic carbocycles. The summed E-state index contributed by atoms with van der Waals surface area (Å²) in [6, 6.07) is 19.0. The van der Waals surface area contributed by atoms with Crippen LogP contribution in [0, 0.1) is 6.92 Å². The molecule has 0 saturated carbocycles. The predicted octanol–water partition coefficient (Wildman–Crippen LogP) is 4.24. The SMILES string of the molecule is Cc1ccc(C(=Cn2ccnc2)c2ccccc2)cc1. The minimum absolute atomic E-state index is 1.18. The van der Waals surface area contributed by atoms with Crippen LogP contribution < -0.4 is 0 Å². The van der Waals surface area contributed by atoms with Crippen molar-refractivity contribution in [3.05, 3.63) is 90.0 Å². The zero-order chi connectivity index (χ0) is 13.8. The zero-order valence-corrected chi connectivity index (χ0v) is 11.4. The number of hydrogen-bond donors (Lipinski definition) is 0. The van der Waals surface area contributed by atoms with Gasteiger partial charge >= 0.3 is 0 Å². The third-order valence-electron chi connectivity index (χ3n) is 3.25. The maximum Gasteiger partial charge on any atom is 0.0986 e. The molecule has 20 heavy (non-hydrogen) atoms. The van der Waals surface area contributed by atoms with E-state index >= 15 is 0 Å². The normalized spacial score (nSPS) is 11.6. The molecule has 0 N–H and O–H groups in total. The molecule has 0 aliphatic heterocycles. The molecule has 1 aromatic heterocycles. The molecule has 0 unspecified atom stereocenters. The molecule has 0 saturated heterocycles. The van der Waals surface area contributed by atoms with E-state index in [1.165, 1.54) is 22.3 Å². The summed E-state index contributed by atoms with van der Waals surface area (Å²) in [5.41, 5.74) is 4.85. The van der Waals surface area contributed by atoms with Gasteiger partial charge < -0.3 is 4.57 Å². The largest absolute Gasteiger partial charge is 0.312 e. The van der Waals surface area contributed by atoms with Crippen molar-refractivity contribution in [3.63, 3.8) is 0 Å². The Morgan fingerprint density at radius 2 is 1.65 bits per heavy atom. The van der Waals surface area contributed by atoms with E-state index in [2.05, 4.69) is 66.6 Å². The van der Waals surface area contributed by atoms with Crippen molar-refractivity contribution in [2.75, 3.05) is 0 Å². The monoisotopic (exact) mass is 260 g/mol. The van der Waals surface area contributed by atoms with Crippen molar-refractivity contribution in [2.24, 2.45) is 0 Å². The standard InChI is InChI=1S/C18H16N2/c1-15-7-9-17(10-8-15)18(13-20-12-11-19-14-20)16-5-3-2-4-6-16/h2-14H,1H3. The van der Waals surface area contributed by atoms with E-state index in [1.807, 2.05) is 16.8 Å². The number of benzene rings is 2. The van der Waals surface area contributed by atoms with Crippen LogP contribution in [0.2, 0.25) is 0 Å². The first kappa shape index (κ1) is 12.4. The second-order valence-corrected chi connectivity index (χ2v) is 4.78. The Morgan fingerprint density at radius 1 is 0.950 bits per heavy atom. The second kappa shape index (κ2) is 5.57. The Bertz CT molecular complexity index is 693. The fraction of sp³-hybridized carbons (Fsp3) is 0.0556. The summed E-state index contributed by atoms with van der Waals surface area (Å²) in [6.07, 6.45) is 7.63. The average Bonchev–Trinajstić information content (AvgIpc) is 3.00. The molecular formula is C18H16N2. The second-order valence-electron chi connectivity index (χ2n) is 4.78. The van der Waals surface area contributed by atoms with Gasteiger partial charge in [0.25, 0.3) is 0 Å². The number of rotatable bonds is 3. The van der Waals surface area contributed by atoms with Crippen LogP contribution in [0.4, 0.5) is 0 Å². The van der Waals surface area contributed by atoms with Gasteiger partial charge in [0.05, 0.1) is 6.33 Å². The number of aromatic nitrogens is 2. The van der Waals surface area contributed by atoms with E-state index < -0.39 is 0 Å². The molecular weight excluding hydrogens is 244 g/mol. The number of nitrogens with zero attached hydrogens (tertiary/aromatic N) is 2. The summed E-state index contributed by atoms with van der Waals surface area (Å²) in [4.78, 5) is 4.10. The van der Waals surface area contributed by atoms with Crippen LogP contribution in [-0.2, 0) is 0 Å². The van der Waals surface area contributed by atoms with E-state index in [4.69, 9.17) is 0 Å². The van der Waals surface area contributed by atoms with Crippen LogP contribution >= 0.6 is 0 Å². The van der Waals surface area contributed by atoms with Gasteiger partial charge in [0.2, 0.25) is 0 Å².